The van der Waals surface area contributed by atoms with Gasteiger partial charge in [0, 0.05) is 6.04 Å². The van der Waals surface area contributed by atoms with E-state index in [4.69, 9.17) is 10.5 Å². The van der Waals surface area contributed by atoms with E-state index < -0.39 is 24.2 Å². The minimum absolute atomic E-state index is 0.0176. The molecule has 2 nitrogen and oxygen atoms in total. The van der Waals surface area contributed by atoms with Crippen LogP contribution in [-0.2, 0) is 0 Å². The maximum Gasteiger partial charge on any atom is 0.392 e. The van der Waals surface area contributed by atoms with E-state index in [1.165, 1.54) is 0 Å². The normalized spacial score (nSPS) is 24.6. The Morgan fingerprint density at radius 1 is 0.833 bits per heavy atom. The largest absolute Gasteiger partial charge is 0.490 e. The van der Waals surface area contributed by atoms with Crippen LogP contribution in [0.2, 0.25) is 0 Å². The molecule has 1 saturated carbocycles. The molecule has 0 radical (unpaired) electrons. The monoisotopic (exact) mass is 335 g/mol. The summed E-state index contributed by atoms with van der Waals surface area (Å²) in [5, 5.41) is 0. The first-order valence-corrected chi connectivity index (χ1v) is 8.06. The van der Waals surface area contributed by atoms with Crippen LogP contribution in [0.3, 0.4) is 0 Å². The van der Waals surface area contributed by atoms with Crippen LogP contribution in [0.15, 0.2) is 54.6 Å². The fourth-order valence-corrected chi connectivity index (χ4v) is 3.22. The lowest BCUT2D eigenvalue weighted by Crippen LogP contribution is -2.43. The van der Waals surface area contributed by atoms with Gasteiger partial charge in [-0.25, -0.2) is 0 Å². The lowest BCUT2D eigenvalue weighted by Gasteiger charge is -2.34. The Morgan fingerprint density at radius 3 is 2.08 bits per heavy atom. The average Bonchev–Trinajstić information content (AvgIpc) is 2.55. The Labute approximate surface area is 139 Å². The van der Waals surface area contributed by atoms with E-state index in [0.29, 0.717) is 12.2 Å². The molecule has 0 aromatic heterocycles. The molecule has 0 saturated heterocycles. The highest BCUT2D eigenvalue weighted by Crippen LogP contribution is 2.38. The second-order valence-electron chi connectivity index (χ2n) is 6.34. The van der Waals surface area contributed by atoms with Crippen molar-refractivity contribution in [2.75, 3.05) is 0 Å². The van der Waals surface area contributed by atoms with Gasteiger partial charge in [0.15, 0.2) is 0 Å². The summed E-state index contributed by atoms with van der Waals surface area (Å²) < 4.78 is 44.6. The lowest BCUT2D eigenvalue weighted by molar-refractivity contribution is -0.189. The van der Waals surface area contributed by atoms with Gasteiger partial charge in [-0.05, 0) is 42.5 Å². The number of hydrogen-bond donors (Lipinski definition) is 1. The van der Waals surface area contributed by atoms with Gasteiger partial charge in [0.25, 0.3) is 0 Å². The molecule has 0 spiro atoms. The number of ether oxygens (including phenoxy) is 1. The average molecular weight is 335 g/mol. The summed E-state index contributed by atoms with van der Waals surface area (Å²) in [7, 11) is 0. The van der Waals surface area contributed by atoms with Crippen LogP contribution in [-0.4, -0.2) is 18.3 Å². The van der Waals surface area contributed by atoms with Crippen molar-refractivity contribution in [3.05, 3.63) is 54.6 Å². The topological polar surface area (TPSA) is 35.2 Å². The Morgan fingerprint density at radius 2 is 1.46 bits per heavy atom. The maximum absolute atomic E-state index is 13.0. The predicted molar refractivity (Wildman–Crippen MR) is 87.7 cm³/mol. The van der Waals surface area contributed by atoms with Gasteiger partial charge in [-0.3, -0.25) is 0 Å². The third kappa shape index (κ3) is 4.09. The van der Waals surface area contributed by atoms with E-state index in [-0.39, 0.29) is 12.8 Å². The molecule has 0 aliphatic heterocycles. The summed E-state index contributed by atoms with van der Waals surface area (Å²) in [5.74, 6) is -0.801. The molecule has 2 aromatic carbocycles. The molecule has 2 aromatic rings. The number of hydrogen-bond acceptors (Lipinski definition) is 2. The molecule has 1 aliphatic rings. The molecule has 5 heteroatoms. The second kappa shape index (κ2) is 6.85. The molecule has 0 bridgehead atoms. The first-order chi connectivity index (χ1) is 11.4. The van der Waals surface area contributed by atoms with Gasteiger partial charge in [-0.1, -0.05) is 42.5 Å². The summed E-state index contributed by atoms with van der Waals surface area (Å²) in [4.78, 5) is 0. The molecular weight excluding hydrogens is 315 g/mol. The number of rotatable bonds is 3. The minimum atomic E-state index is -4.21. The van der Waals surface area contributed by atoms with Crippen molar-refractivity contribution >= 4 is 0 Å². The Balaban J connectivity index is 1.67. The molecule has 0 heterocycles. The van der Waals surface area contributed by atoms with Gasteiger partial charge >= 0.3 is 6.18 Å². The van der Waals surface area contributed by atoms with Gasteiger partial charge in [-0.15, -0.1) is 0 Å². The van der Waals surface area contributed by atoms with Gasteiger partial charge < -0.3 is 10.5 Å². The van der Waals surface area contributed by atoms with E-state index in [1.807, 2.05) is 42.5 Å². The van der Waals surface area contributed by atoms with E-state index in [9.17, 15) is 13.2 Å². The first kappa shape index (κ1) is 16.8. The van der Waals surface area contributed by atoms with Crippen LogP contribution >= 0.6 is 0 Å². The number of nitrogens with two attached hydrogens (primary N) is 1. The molecule has 2 N–H and O–H groups in total. The molecule has 128 valence electrons. The number of alkyl halides is 3. The molecule has 3 unspecified atom stereocenters. The van der Waals surface area contributed by atoms with Crippen molar-refractivity contribution < 1.29 is 17.9 Å². The third-order valence-electron chi connectivity index (χ3n) is 4.43. The van der Waals surface area contributed by atoms with Crippen LogP contribution in [0.4, 0.5) is 13.2 Å². The number of halogens is 3. The highest BCUT2D eigenvalue weighted by atomic mass is 19.4. The van der Waals surface area contributed by atoms with E-state index in [2.05, 4.69) is 0 Å². The van der Waals surface area contributed by atoms with E-state index >= 15 is 0 Å². The van der Waals surface area contributed by atoms with Crippen molar-refractivity contribution in [3.8, 4) is 16.9 Å². The van der Waals surface area contributed by atoms with E-state index in [1.54, 1.807) is 12.1 Å². The van der Waals surface area contributed by atoms with Crippen LogP contribution in [0.25, 0.3) is 11.1 Å². The zero-order valence-corrected chi connectivity index (χ0v) is 13.2. The zero-order chi connectivity index (χ0) is 17.2. The fourth-order valence-electron chi connectivity index (χ4n) is 3.22. The van der Waals surface area contributed by atoms with Crippen molar-refractivity contribution in [2.24, 2.45) is 11.7 Å². The summed E-state index contributed by atoms with van der Waals surface area (Å²) in [6.07, 6.45) is -4.31. The minimum Gasteiger partial charge on any atom is -0.490 e. The van der Waals surface area contributed by atoms with Crippen LogP contribution in [0.1, 0.15) is 19.3 Å². The summed E-state index contributed by atoms with van der Waals surface area (Å²) in [6, 6.07) is 16.8. The van der Waals surface area contributed by atoms with Crippen molar-refractivity contribution in [2.45, 2.75) is 37.6 Å². The summed E-state index contributed by atoms with van der Waals surface area (Å²) >= 11 is 0. The molecule has 1 fully saturated rings. The zero-order valence-electron chi connectivity index (χ0n) is 13.2. The lowest BCUT2D eigenvalue weighted by atomic mass is 9.83. The standard InChI is InChI=1S/C19H20F3NO/c20-19(21,22)15-10-16(23)12-18(11-15)24-17-8-6-14(7-9-17)13-4-2-1-3-5-13/h1-9,15-16,18H,10-12,23H2. The SMILES string of the molecule is NC1CC(Oc2ccc(-c3ccccc3)cc2)CC(C(F)(F)F)C1. The maximum atomic E-state index is 13.0. The van der Waals surface area contributed by atoms with Crippen LogP contribution < -0.4 is 10.5 Å². The van der Waals surface area contributed by atoms with Gasteiger partial charge in [0.1, 0.15) is 11.9 Å². The molecule has 3 rings (SSSR count). The smallest absolute Gasteiger partial charge is 0.392 e. The molecule has 3 atom stereocenters. The number of benzene rings is 2. The van der Waals surface area contributed by atoms with Crippen LogP contribution in [0.5, 0.6) is 5.75 Å². The first-order valence-electron chi connectivity index (χ1n) is 8.06. The van der Waals surface area contributed by atoms with E-state index in [0.717, 1.165) is 11.1 Å². The quantitative estimate of drug-likeness (QED) is 0.875. The summed E-state index contributed by atoms with van der Waals surface area (Å²) in [5.41, 5.74) is 7.91. The highest BCUT2D eigenvalue weighted by Gasteiger charge is 2.44. The molecule has 0 amide bonds. The van der Waals surface area contributed by atoms with Crippen molar-refractivity contribution in [1.29, 1.82) is 0 Å². The predicted octanol–water partition coefficient (Wildman–Crippen LogP) is 4.79. The second-order valence-corrected chi connectivity index (χ2v) is 6.34. The van der Waals surface area contributed by atoms with Gasteiger partial charge in [0.05, 0.1) is 5.92 Å². The molecular formula is C19H20F3NO. The molecule has 1 aliphatic carbocycles. The summed E-state index contributed by atoms with van der Waals surface area (Å²) in [6.45, 7) is 0. The Bertz CT molecular complexity index is 655. The fraction of sp³-hybridized carbons (Fsp3) is 0.368. The van der Waals surface area contributed by atoms with Gasteiger partial charge in [0.2, 0.25) is 0 Å². The van der Waals surface area contributed by atoms with Crippen molar-refractivity contribution in [3.63, 3.8) is 0 Å². The third-order valence-corrected chi connectivity index (χ3v) is 4.43. The van der Waals surface area contributed by atoms with Gasteiger partial charge in [-0.2, -0.15) is 13.2 Å². The highest BCUT2D eigenvalue weighted by molar-refractivity contribution is 5.63. The Kier molecular flexibility index (Phi) is 4.81. The Hall–Kier alpha value is -2.01. The molecule has 24 heavy (non-hydrogen) atoms. The van der Waals surface area contributed by atoms with Crippen molar-refractivity contribution in [1.82, 2.24) is 0 Å². The van der Waals surface area contributed by atoms with Crippen LogP contribution in [0, 0.1) is 5.92 Å².